The second-order valence-corrected chi connectivity index (χ2v) is 7.13. The molecule has 0 aliphatic rings. The Balaban J connectivity index is 1.56. The van der Waals surface area contributed by atoms with Crippen molar-refractivity contribution < 1.29 is 18.9 Å². The number of quaternary nitrogens is 1. The third-order valence-electron chi connectivity index (χ3n) is 4.53. The number of anilines is 2. The molecule has 8 nitrogen and oxygen atoms in total. The molecule has 2 amide bonds. The molecule has 1 heterocycles. The Morgan fingerprint density at radius 2 is 1.73 bits per heavy atom. The van der Waals surface area contributed by atoms with Gasteiger partial charge in [-0.1, -0.05) is 17.7 Å². The number of aromatic nitrogens is 2. The number of aryl methyl sites for hydroxylation is 1. The van der Waals surface area contributed by atoms with Crippen LogP contribution in [0.1, 0.15) is 25.3 Å². The van der Waals surface area contributed by atoms with Gasteiger partial charge in [-0.05, 0) is 50.2 Å². The van der Waals surface area contributed by atoms with Crippen LogP contribution in [0, 0.1) is 6.92 Å². The number of hydrogen-bond acceptors (Lipinski definition) is 5. The molecule has 0 saturated carbocycles. The lowest BCUT2D eigenvalue weighted by Crippen LogP contribution is -3.11. The average molecular weight is 408 g/mol. The fourth-order valence-corrected chi connectivity index (χ4v) is 3.02. The highest BCUT2D eigenvalue weighted by atomic mass is 16.4. The standard InChI is InChI=1S/C22H25N5O3/c1-4-27(13-20(29)24-19-10-8-18(9-11-19)23-16(3)28)14-21-25-26-22(30-21)17-7-5-6-15(2)12-17/h5-12H,4,13-14H2,1-3H3,(H,23,28)(H,24,29)/p+1. The lowest BCUT2D eigenvalue weighted by molar-refractivity contribution is -0.905. The van der Waals surface area contributed by atoms with Gasteiger partial charge < -0.3 is 20.0 Å². The number of nitrogens with zero attached hydrogens (tertiary/aromatic N) is 2. The van der Waals surface area contributed by atoms with Crippen LogP contribution < -0.4 is 15.5 Å². The van der Waals surface area contributed by atoms with Gasteiger partial charge in [-0.15, -0.1) is 10.2 Å². The molecule has 3 rings (SSSR count). The van der Waals surface area contributed by atoms with E-state index in [1.165, 1.54) is 6.92 Å². The Morgan fingerprint density at radius 1 is 1.03 bits per heavy atom. The molecule has 3 aromatic rings. The molecule has 0 bridgehead atoms. The highest BCUT2D eigenvalue weighted by molar-refractivity contribution is 5.92. The van der Waals surface area contributed by atoms with E-state index in [1.54, 1.807) is 24.3 Å². The lowest BCUT2D eigenvalue weighted by Gasteiger charge is -2.15. The minimum Gasteiger partial charge on any atom is -0.415 e. The molecule has 3 N–H and O–H groups in total. The minimum absolute atomic E-state index is 0.113. The number of carbonyl (C=O) groups excluding carboxylic acids is 2. The number of hydrogen-bond donors (Lipinski definition) is 3. The Kier molecular flexibility index (Phi) is 6.92. The molecule has 0 spiro atoms. The number of likely N-dealkylation sites (N-methyl/N-ethyl adjacent to an activating group) is 1. The van der Waals surface area contributed by atoms with Gasteiger partial charge in [0, 0.05) is 23.9 Å². The summed E-state index contributed by atoms with van der Waals surface area (Å²) in [6, 6.07) is 14.9. The second-order valence-electron chi connectivity index (χ2n) is 7.13. The van der Waals surface area contributed by atoms with Gasteiger partial charge in [0.25, 0.3) is 11.8 Å². The summed E-state index contributed by atoms with van der Waals surface area (Å²) < 4.78 is 5.79. The normalized spacial score (nSPS) is 11.7. The van der Waals surface area contributed by atoms with Gasteiger partial charge in [0.2, 0.25) is 11.8 Å². The maximum atomic E-state index is 12.4. The van der Waals surface area contributed by atoms with Crippen LogP contribution >= 0.6 is 0 Å². The van der Waals surface area contributed by atoms with E-state index in [9.17, 15) is 9.59 Å². The van der Waals surface area contributed by atoms with Gasteiger partial charge in [-0.2, -0.15) is 0 Å². The summed E-state index contributed by atoms with van der Waals surface area (Å²) >= 11 is 0. The molecule has 156 valence electrons. The van der Waals surface area contributed by atoms with Crippen molar-refractivity contribution in [3.8, 4) is 11.5 Å². The zero-order valence-electron chi connectivity index (χ0n) is 17.4. The van der Waals surface area contributed by atoms with E-state index in [-0.39, 0.29) is 18.4 Å². The van der Waals surface area contributed by atoms with Crippen LogP contribution in [0.15, 0.2) is 52.9 Å². The van der Waals surface area contributed by atoms with Crippen molar-refractivity contribution in [2.45, 2.75) is 27.3 Å². The van der Waals surface area contributed by atoms with E-state index < -0.39 is 0 Å². The number of rotatable bonds is 8. The predicted molar refractivity (Wildman–Crippen MR) is 114 cm³/mol. The SMILES string of the molecule is CC[NH+](CC(=O)Nc1ccc(NC(C)=O)cc1)Cc1nnc(-c2cccc(C)c2)o1. The van der Waals surface area contributed by atoms with Gasteiger partial charge in [0.15, 0.2) is 13.1 Å². The molecular weight excluding hydrogens is 382 g/mol. The Bertz CT molecular complexity index is 1010. The summed E-state index contributed by atoms with van der Waals surface area (Å²) in [6.07, 6.45) is 0. The lowest BCUT2D eigenvalue weighted by atomic mass is 10.1. The van der Waals surface area contributed by atoms with Gasteiger partial charge in [0.1, 0.15) is 0 Å². The average Bonchev–Trinajstić information content (AvgIpc) is 3.17. The Hall–Kier alpha value is -3.52. The fourth-order valence-electron chi connectivity index (χ4n) is 3.02. The van der Waals surface area contributed by atoms with Crippen molar-refractivity contribution in [1.82, 2.24) is 10.2 Å². The molecule has 0 aliphatic heterocycles. The summed E-state index contributed by atoms with van der Waals surface area (Å²) in [5.41, 5.74) is 3.35. The highest BCUT2D eigenvalue weighted by Gasteiger charge is 2.18. The van der Waals surface area contributed by atoms with E-state index in [0.717, 1.165) is 22.6 Å². The number of amides is 2. The van der Waals surface area contributed by atoms with Gasteiger partial charge in [-0.3, -0.25) is 9.59 Å². The first-order chi connectivity index (χ1) is 14.4. The van der Waals surface area contributed by atoms with Gasteiger partial charge in [0.05, 0.1) is 6.54 Å². The van der Waals surface area contributed by atoms with Gasteiger partial charge >= 0.3 is 0 Å². The predicted octanol–water partition coefficient (Wildman–Crippen LogP) is 2.05. The summed E-state index contributed by atoms with van der Waals surface area (Å²) in [4.78, 5) is 24.5. The molecule has 8 heteroatoms. The quantitative estimate of drug-likeness (QED) is 0.530. The smallest absolute Gasteiger partial charge is 0.279 e. The van der Waals surface area contributed by atoms with Crippen LogP contribution in [0.4, 0.5) is 11.4 Å². The topological polar surface area (TPSA) is 102 Å². The maximum absolute atomic E-state index is 12.4. The highest BCUT2D eigenvalue weighted by Crippen LogP contribution is 2.18. The molecule has 0 saturated heterocycles. The fraction of sp³-hybridized carbons (Fsp3) is 0.273. The number of nitrogens with one attached hydrogen (secondary N) is 3. The summed E-state index contributed by atoms with van der Waals surface area (Å²) in [5, 5.41) is 13.8. The minimum atomic E-state index is -0.138. The molecule has 0 aliphatic carbocycles. The van der Waals surface area contributed by atoms with Crippen molar-refractivity contribution in [3.05, 3.63) is 60.0 Å². The number of carbonyl (C=O) groups is 2. The first-order valence-corrected chi connectivity index (χ1v) is 9.83. The van der Waals surface area contributed by atoms with Crippen molar-refractivity contribution in [3.63, 3.8) is 0 Å². The van der Waals surface area contributed by atoms with Crippen LogP contribution in [0.5, 0.6) is 0 Å². The van der Waals surface area contributed by atoms with Gasteiger partial charge in [-0.25, -0.2) is 0 Å². The molecule has 30 heavy (non-hydrogen) atoms. The third-order valence-corrected chi connectivity index (χ3v) is 4.53. The maximum Gasteiger partial charge on any atom is 0.279 e. The Labute approximate surface area is 175 Å². The van der Waals surface area contributed by atoms with E-state index in [0.29, 0.717) is 29.7 Å². The largest absolute Gasteiger partial charge is 0.415 e. The van der Waals surface area contributed by atoms with Crippen molar-refractivity contribution in [2.75, 3.05) is 23.7 Å². The van der Waals surface area contributed by atoms with Crippen LogP contribution in [-0.4, -0.2) is 35.1 Å². The number of benzene rings is 2. The third kappa shape index (κ3) is 5.99. The zero-order chi connectivity index (χ0) is 21.5. The molecule has 1 unspecified atom stereocenters. The first-order valence-electron chi connectivity index (χ1n) is 9.83. The van der Waals surface area contributed by atoms with Crippen LogP contribution in [0.3, 0.4) is 0 Å². The summed E-state index contributed by atoms with van der Waals surface area (Å²) in [7, 11) is 0. The Morgan fingerprint density at radius 3 is 2.37 bits per heavy atom. The monoisotopic (exact) mass is 408 g/mol. The van der Waals surface area contributed by atoms with Crippen LogP contribution in [-0.2, 0) is 16.1 Å². The summed E-state index contributed by atoms with van der Waals surface area (Å²) in [6.45, 7) is 6.93. The van der Waals surface area contributed by atoms with E-state index in [4.69, 9.17) is 4.42 Å². The first kappa shape index (κ1) is 21.2. The molecular formula is C22H26N5O3+. The molecule has 2 aromatic carbocycles. The van der Waals surface area contributed by atoms with E-state index >= 15 is 0 Å². The molecule has 0 fully saturated rings. The van der Waals surface area contributed by atoms with E-state index in [2.05, 4.69) is 20.8 Å². The summed E-state index contributed by atoms with van der Waals surface area (Å²) in [5.74, 6) is 0.724. The van der Waals surface area contributed by atoms with Crippen molar-refractivity contribution >= 4 is 23.2 Å². The van der Waals surface area contributed by atoms with Crippen molar-refractivity contribution in [2.24, 2.45) is 0 Å². The van der Waals surface area contributed by atoms with E-state index in [1.807, 2.05) is 38.1 Å². The van der Waals surface area contributed by atoms with Crippen LogP contribution in [0.2, 0.25) is 0 Å². The zero-order valence-corrected chi connectivity index (χ0v) is 17.4. The molecule has 1 aromatic heterocycles. The second kappa shape index (κ2) is 9.80. The van der Waals surface area contributed by atoms with Crippen molar-refractivity contribution in [1.29, 1.82) is 0 Å². The van der Waals surface area contributed by atoms with Crippen LogP contribution in [0.25, 0.3) is 11.5 Å². The molecule has 1 atom stereocenters. The molecule has 0 radical (unpaired) electrons.